The predicted molar refractivity (Wildman–Crippen MR) is 71.9 cm³/mol. The van der Waals surface area contributed by atoms with Gasteiger partial charge >= 0.3 is 11.9 Å². The van der Waals surface area contributed by atoms with Gasteiger partial charge in [-0.2, -0.15) is 0 Å². The van der Waals surface area contributed by atoms with Gasteiger partial charge in [-0.25, -0.2) is 4.79 Å². The van der Waals surface area contributed by atoms with E-state index < -0.39 is 35.2 Å². The standard InChI is InChI=1S/C11H9BrN2O7/c12-6-1-5(2-7(3-6)14(20)21)10(17)13-8(11(18)19)4-9(15)16/h1-3,8H,4H2,(H,13,17)(H,15,16)(H,18,19)/t8-/m1/s1. The zero-order valence-electron chi connectivity index (χ0n) is 10.3. The number of non-ortho nitro benzene ring substituents is 1. The highest BCUT2D eigenvalue weighted by atomic mass is 79.9. The van der Waals surface area contributed by atoms with Crippen LogP contribution >= 0.6 is 15.9 Å². The molecule has 21 heavy (non-hydrogen) atoms. The van der Waals surface area contributed by atoms with Gasteiger partial charge in [0.2, 0.25) is 0 Å². The number of rotatable bonds is 6. The number of nitrogens with one attached hydrogen (secondary N) is 1. The van der Waals surface area contributed by atoms with E-state index in [0.29, 0.717) is 0 Å². The van der Waals surface area contributed by atoms with Crippen molar-refractivity contribution in [2.75, 3.05) is 0 Å². The van der Waals surface area contributed by atoms with Crippen LogP contribution in [-0.2, 0) is 9.59 Å². The second kappa shape index (κ2) is 6.79. The number of amides is 1. The molecule has 0 unspecified atom stereocenters. The number of carboxylic acids is 2. The van der Waals surface area contributed by atoms with Crippen LogP contribution in [0.2, 0.25) is 0 Å². The number of nitrogens with zero attached hydrogens (tertiary/aromatic N) is 1. The molecule has 0 saturated heterocycles. The largest absolute Gasteiger partial charge is 0.481 e. The number of carbonyl (C=O) groups is 3. The average Bonchev–Trinajstić information content (AvgIpc) is 2.36. The number of nitro groups is 1. The first-order valence-electron chi connectivity index (χ1n) is 5.41. The van der Waals surface area contributed by atoms with E-state index in [0.717, 1.165) is 6.07 Å². The summed E-state index contributed by atoms with van der Waals surface area (Å²) in [5, 5.41) is 30.1. The number of hydrogen-bond donors (Lipinski definition) is 3. The minimum Gasteiger partial charge on any atom is -0.481 e. The zero-order valence-corrected chi connectivity index (χ0v) is 11.9. The summed E-state index contributed by atoms with van der Waals surface area (Å²) in [6.07, 6.45) is -0.808. The van der Waals surface area contributed by atoms with Crippen molar-refractivity contribution in [2.45, 2.75) is 12.5 Å². The molecule has 1 amide bonds. The second-order valence-electron chi connectivity index (χ2n) is 3.92. The van der Waals surface area contributed by atoms with Gasteiger partial charge in [-0.3, -0.25) is 19.7 Å². The SMILES string of the molecule is O=C(O)C[C@@H](NC(=O)c1cc(Br)cc([N+](=O)[O-])c1)C(=O)O. The van der Waals surface area contributed by atoms with Gasteiger partial charge in [0, 0.05) is 22.2 Å². The van der Waals surface area contributed by atoms with Gasteiger partial charge in [0.05, 0.1) is 11.3 Å². The van der Waals surface area contributed by atoms with Gasteiger partial charge in [-0.05, 0) is 6.07 Å². The van der Waals surface area contributed by atoms with Crippen LogP contribution < -0.4 is 5.32 Å². The van der Waals surface area contributed by atoms with E-state index in [4.69, 9.17) is 10.2 Å². The number of carbonyl (C=O) groups excluding carboxylic acids is 1. The summed E-state index contributed by atoms with van der Waals surface area (Å²) in [7, 11) is 0. The van der Waals surface area contributed by atoms with Crippen LogP contribution in [0.4, 0.5) is 5.69 Å². The third-order valence-electron chi connectivity index (χ3n) is 2.34. The second-order valence-corrected chi connectivity index (χ2v) is 4.83. The monoisotopic (exact) mass is 360 g/mol. The van der Waals surface area contributed by atoms with Crippen molar-refractivity contribution in [3.8, 4) is 0 Å². The molecule has 9 nitrogen and oxygen atoms in total. The van der Waals surface area contributed by atoms with Crippen LogP contribution in [0.5, 0.6) is 0 Å². The molecule has 0 aliphatic heterocycles. The van der Waals surface area contributed by atoms with E-state index in [-0.39, 0.29) is 15.7 Å². The molecule has 1 atom stereocenters. The zero-order chi connectivity index (χ0) is 16.2. The maximum absolute atomic E-state index is 11.9. The third kappa shape index (κ3) is 4.84. The molecule has 1 aromatic rings. The summed E-state index contributed by atoms with van der Waals surface area (Å²) < 4.78 is 0.256. The molecule has 0 saturated carbocycles. The summed E-state index contributed by atoms with van der Waals surface area (Å²) in [5.74, 6) is -3.84. The maximum atomic E-state index is 11.9. The summed E-state index contributed by atoms with van der Waals surface area (Å²) in [4.78, 5) is 43.2. The first-order chi connectivity index (χ1) is 9.70. The van der Waals surface area contributed by atoms with Crippen molar-refractivity contribution < 1.29 is 29.5 Å². The van der Waals surface area contributed by atoms with Crippen LogP contribution in [0.1, 0.15) is 16.8 Å². The van der Waals surface area contributed by atoms with Crippen molar-refractivity contribution >= 4 is 39.5 Å². The number of halogens is 1. The van der Waals surface area contributed by atoms with E-state index in [9.17, 15) is 24.5 Å². The first kappa shape index (κ1) is 16.6. The fraction of sp³-hybridized carbons (Fsp3) is 0.182. The minimum absolute atomic E-state index is 0.160. The normalized spacial score (nSPS) is 11.5. The van der Waals surface area contributed by atoms with E-state index in [1.165, 1.54) is 12.1 Å². The minimum atomic E-state index is -1.63. The van der Waals surface area contributed by atoms with E-state index in [2.05, 4.69) is 15.9 Å². The number of carboxylic acid groups (broad SMARTS) is 2. The Morgan fingerprint density at radius 1 is 1.29 bits per heavy atom. The lowest BCUT2D eigenvalue weighted by molar-refractivity contribution is -0.385. The van der Waals surface area contributed by atoms with Crippen molar-refractivity contribution in [2.24, 2.45) is 0 Å². The summed E-state index contributed by atoms with van der Waals surface area (Å²) in [6, 6.07) is 1.75. The Morgan fingerprint density at radius 3 is 2.38 bits per heavy atom. The molecule has 0 spiro atoms. The lowest BCUT2D eigenvalue weighted by Crippen LogP contribution is -2.42. The van der Waals surface area contributed by atoms with E-state index in [1.54, 1.807) is 0 Å². The van der Waals surface area contributed by atoms with Gasteiger partial charge in [0.25, 0.3) is 11.6 Å². The van der Waals surface area contributed by atoms with E-state index in [1.807, 2.05) is 5.32 Å². The summed E-state index contributed by atoms with van der Waals surface area (Å²) in [6.45, 7) is 0. The van der Waals surface area contributed by atoms with Crippen LogP contribution in [-0.4, -0.2) is 39.0 Å². The Bertz CT molecular complexity index is 617. The Hall–Kier alpha value is -2.49. The highest BCUT2D eigenvalue weighted by Crippen LogP contribution is 2.21. The summed E-state index contributed by atoms with van der Waals surface area (Å²) >= 11 is 2.99. The van der Waals surface area contributed by atoms with Crippen LogP contribution in [0.3, 0.4) is 0 Å². The van der Waals surface area contributed by atoms with Crippen LogP contribution in [0.25, 0.3) is 0 Å². The fourth-order valence-corrected chi connectivity index (χ4v) is 1.91. The summed E-state index contributed by atoms with van der Waals surface area (Å²) in [5.41, 5.74) is -0.521. The van der Waals surface area contributed by atoms with Crippen LogP contribution in [0.15, 0.2) is 22.7 Å². The molecule has 0 aromatic heterocycles. The molecular formula is C11H9BrN2O7. The van der Waals surface area contributed by atoms with Crippen LogP contribution in [0, 0.1) is 10.1 Å². The molecule has 0 aliphatic rings. The van der Waals surface area contributed by atoms with Crippen molar-refractivity contribution in [3.05, 3.63) is 38.3 Å². The fourth-order valence-electron chi connectivity index (χ4n) is 1.43. The van der Waals surface area contributed by atoms with Crippen molar-refractivity contribution in [3.63, 3.8) is 0 Å². The highest BCUT2D eigenvalue weighted by Gasteiger charge is 2.24. The van der Waals surface area contributed by atoms with Gasteiger partial charge in [-0.15, -0.1) is 0 Å². The average molecular weight is 361 g/mol. The molecule has 112 valence electrons. The molecule has 1 aromatic carbocycles. The molecule has 0 bridgehead atoms. The van der Waals surface area contributed by atoms with Crippen molar-refractivity contribution in [1.82, 2.24) is 5.32 Å². The van der Waals surface area contributed by atoms with Crippen molar-refractivity contribution in [1.29, 1.82) is 0 Å². The molecule has 0 heterocycles. The first-order valence-corrected chi connectivity index (χ1v) is 6.20. The highest BCUT2D eigenvalue weighted by molar-refractivity contribution is 9.10. The molecule has 1 rings (SSSR count). The maximum Gasteiger partial charge on any atom is 0.326 e. The third-order valence-corrected chi connectivity index (χ3v) is 2.80. The Kier molecular flexibility index (Phi) is 5.36. The van der Waals surface area contributed by atoms with Gasteiger partial charge < -0.3 is 15.5 Å². The van der Waals surface area contributed by atoms with E-state index >= 15 is 0 Å². The van der Waals surface area contributed by atoms with Gasteiger partial charge in [0.1, 0.15) is 6.04 Å². The Labute approximate surface area is 125 Å². The molecule has 0 fully saturated rings. The molecular weight excluding hydrogens is 352 g/mol. The molecule has 10 heteroatoms. The predicted octanol–water partition coefficient (Wildman–Crippen LogP) is 1.01. The molecule has 0 aliphatic carbocycles. The number of nitro benzene ring substituents is 1. The Morgan fingerprint density at radius 2 is 1.90 bits per heavy atom. The number of hydrogen-bond acceptors (Lipinski definition) is 5. The smallest absolute Gasteiger partial charge is 0.326 e. The molecule has 0 radical (unpaired) electrons. The molecule has 3 N–H and O–H groups in total. The lowest BCUT2D eigenvalue weighted by atomic mass is 10.1. The topological polar surface area (TPSA) is 147 Å². The number of aliphatic carboxylic acids is 2. The quantitative estimate of drug-likeness (QED) is 0.506. The number of benzene rings is 1. The lowest BCUT2D eigenvalue weighted by Gasteiger charge is -2.12. The Balaban J connectivity index is 2.99. The van der Waals surface area contributed by atoms with Gasteiger partial charge in [-0.1, -0.05) is 15.9 Å². The van der Waals surface area contributed by atoms with Gasteiger partial charge in [0.15, 0.2) is 0 Å².